The normalized spacial score (nSPS) is 11.5. The second-order valence-corrected chi connectivity index (χ2v) is 5.05. The summed E-state index contributed by atoms with van der Waals surface area (Å²) in [4.78, 5) is 9.54. The van der Waals surface area contributed by atoms with Gasteiger partial charge in [-0.15, -0.1) is 0 Å². The Labute approximate surface area is 125 Å². The van der Waals surface area contributed by atoms with Crippen molar-refractivity contribution in [2.24, 2.45) is 10.9 Å². The van der Waals surface area contributed by atoms with Gasteiger partial charge in [-0.2, -0.15) is 11.3 Å². The first-order valence-corrected chi connectivity index (χ1v) is 7.25. The fourth-order valence-corrected chi connectivity index (χ4v) is 2.37. The Bertz CT molecular complexity index is 720. The predicted octanol–water partition coefficient (Wildman–Crippen LogP) is 3.24. The van der Waals surface area contributed by atoms with Crippen LogP contribution in [-0.2, 0) is 11.4 Å². The van der Waals surface area contributed by atoms with E-state index in [0.717, 1.165) is 11.1 Å². The van der Waals surface area contributed by atoms with Gasteiger partial charge in [-0.3, -0.25) is 0 Å². The molecule has 1 aromatic carbocycles. The van der Waals surface area contributed by atoms with E-state index >= 15 is 0 Å². The lowest BCUT2D eigenvalue weighted by molar-refractivity contribution is 0.127. The lowest BCUT2D eigenvalue weighted by Crippen LogP contribution is -2.12. The number of amidine groups is 1. The number of hydrogen-bond acceptors (Lipinski definition) is 5. The molecule has 5 nitrogen and oxygen atoms in total. The Kier molecular flexibility index (Phi) is 3.97. The topological polar surface area (TPSA) is 73.6 Å². The quantitative estimate of drug-likeness (QED) is 0.446. The maximum Gasteiger partial charge on any atom is 0.226 e. The van der Waals surface area contributed by atoms with E-state index in [9.17, 15) is 0 Å². The minimum atomic E-state index is 0.209. The maximum atomic E-state index is 5.79. The zero-order chi connectivity index (χ0) is 14.5. The van der Waals surface area contributed by atoms with Crippen LogP contribution >= 0.6 is 11.3 Å². The number of nitrogens with two attached hydrogens (primary N) is 1. The molecule has 3 aromatic rings. The molecule has 21 heavy (non-hydrogen) atoms. The molecule has 0 spiro atoms. The fourth-order valence-electron chi connectivity index (χ4n) is 1.72. The van der Waals surface area contributed by atoms with Gasteiger partial charge in [0, 0.05) is 16.5 Å². The summed E-state index contributed by atoms with van der Waals surface area (Å²) in [6.45, 7) is 0.209. The van der Waals surface area contributed by atoms with Crippen LogP contribution in [0.1, 0.15) is 11.3 Å². The number of hydrogen-bond donors (Lipinski definition) is 1. The Morgan fingerprint density at radius 3 is 2.90 bits per heavy atom. The van der Waals surface area contributed by atoms with Crippen LogP contribution in [0.4, 0.5) is 0 Å². The lowest BCUT2D eigenvalue weighted by atomic mass is 10.2. The third-order valence-corrected chi connectivity index (χ3v) is 3.45. The molecular weight excluding hydrogens is 286 g/mol. The van der Waals surface area contributed by atoms with E-state index in [1.807, 2.05) is 47.2 Å². The number of thiophene rings is 1. The minimum absolute atomic E-state index is 0.209. The van der Waals surface area contributed by atoms with Crippen molar-refractivity contribution in [2.75, 3.05) is 0 Å². The highest BCUT2D eigenvalue weighted by Crippen LogP contribution is 2.18. The van der Waals surface area contributed by atoms with Crippen molar-refractivity contribution in [3.05, 3.63) is 64.7 Å². The van der Waals surface area contributed by atoms with Crippen LogP contribution in [0.3, 0.4) is 0 Å². The van der Waals surface area contributed by atoms with E-state index in [-0.39, 0.29) is 6.61 Å². The number of rotatable bonds is 5. The highest BCUT2D eigenvalue weighted by atomic mass is 32.1. The molecule has 0 unspecified atom stereocenters. The molecule has 2 heterocycles. The molecule has 0 bridgehead atoms. The lowest BCUT2D eigenvalue weighted by Gasteiger charge is -1.97. The minimum Gasteiger partial charge on any atom is -0.444 e. The molecule has 0 aliphatic carbocycles. The Morgan fingerprint density at radius 2 is 2.14 bits per heavy atom. The first kappa shape index (κ1) is 13.4. The summed E-state index contributed by atoms with van der Waals surface area (Å²) in [5, 5.41) is 7.70. The van der Waals surface area contributed by atoms with Crippen LogP contribution < -0.4 is 5.73 Å². The zero-order valence-electron chi connectivity index (χ0n) is 11.1. The van der Waals surface area contributed by atoms with Gasteiger partial charge >= 0.3 is 0 Å². The Hall–Kier alpha value is -2.60. The van der Waals surface area contributed by atoms with Gasteiger partial charge in [0.2, 0.25) is 5.89 Å². The molecule has 6 heteroatoms. The summed E-state index contributed by atoms with van der Waals surface area (Å²) in [6, 6.07) is 11.6. The molecule has 0 saturated heterocycles. The van der Waals surface area contributed by atoms with E-state index in [1.54, 1.807) is 17.6 Å². The molecule has 2 N–H and O–H groups in total. The zero-order valence-corrected chi connectivity index (χ0v) is 11.9. The molecular formula is C15H13N3O2S. The third-order valence-electron chi connectivity index (χ3n) is 2.76. The van der Waals surface area contributed by atoms with Crippen LogP contribution in [0.2, 0.25) is 0 Å². The van der Waals surface area contributed by atoms with Crippen molar-refractivity contribution in [2.45, 2.75) is 6.61 Å². The van der Waals surface area contributed by atoms with Gasteiger partial charge in [0.25, 0.3) is 0 Å². The summed E-state index contributed by atoms with van der Waals surface area (Å²) in [7, 11) is 0. The van der Waals surface area contributed by atoms with E-state index in [1.165, 1.54) is 0 Å². The van der Waals surface area contributed by atoms with E-state index in [0.29, 0.717) is 17.4 Å². The van der Waals surface area contributed by atoms with Crippen LogP contribution in [-0.4, -0.2) is 10.8 Å². The standard InChI is InChI=1S/C15H13N3O2S/c16-14(12-6-7-21-10-12)18-20-9-13-8-19-15(17-13)11-4-2-1-3-5-11/h1-8,10H,9H2,(H2,16,18). The van der Waals surface area contributed by atoms with Crippen molar-refractivity contribution in [3.63, 3.8) is 0 Å². The molecule has 0 aliphatic heterocycles. The fraction of sp³-hybridized carbons (Fsp3) is 0.0667. The highest BCUT2D eigenvalue weighted by Gasteiger charge is 2.06. The summed E-state index contributed by atoms with van der Waals surface area (Å²) in [5.74, 6) is 0.909. The van der Waals surface area contributed by atoms with Crippen molar-refractivity contribution < 1.29 is 9.25 Å². The first-order valence-electron chi connectivity index (χ1n) is 6.31. The Morgan fingerprint density at radius 1 is 1.29 bits per heavy atom. The van der Waals surface area contributed by atoms with Crippen LogP contribution in [0, 0.1) is 0 Å². The summed E-state index contributed by atoms with van der Waals surface area (Å²) < 4.78 is 5.41. The average Bonchev–Trinajstić information content (AvgIpc) is 3.20. The van der Waals surface area contributed by atoms with Crippen LogP contribution in [0.25, 0.3) is 11.5 Å². The van der Waals surface area contributed by atoms with Crippen molar-refractivity contribution in [3.8, 4) is 11.5 Å². The number of aromatic nitrogens is 1. The second kappa shape index (κ2) is 6.23. The molecule has 3 rings (SSSR count). The van der Waals surface area contributed by atoms with Crippen molar-refractivity contribution >= 4 is 17.2 Å². The van der Waals surface area contributed by atoms with Gasteiger partial charge in [0.15, 0.2) is 12.4 Å². The van der Waals surface area contributed by atoms with Gasteiger partial charge in [-0.25, -0.2) is 4.98 Å². The van der Waals surface area contributed by atoms with Crippen molar-refractivity contribution in [1.82, 2.24) is 4.98 Å². The molecule has 106 valence electrons. The van der Waals surface area contributed by atoms with Gasteiger partial charge < -0.3 is 15.0 Å². The Balaban J connectivity index is 1.62. The van der Waals surface area contributed by atoms with Gasteiger partial charge in [0.05, 0.1) is 0 Å². The number of nitrogens with zero attached hydrogens (tertiary/aromatic N) is 2. The van der Waals surface area contributed by atoms with Crippen LogP contribution in [0.5, 0.6) is 0 Å². The largest absolute Gasteiger partial charge is 0.444 e. The molecule has 2 aromatic heterocycles. The summed E-state index contributed by atoms with van der Waals surface area (Å²) >= 11 is 1.55. The predicted molar refractivity (Wildman–Crippen MR) is 81.8 cm³/mol. The van der Waals surface area contributed by atoms with E-state index < -0.39 is 0 Å². The van der Waals surface area contributed by atoms with Gasteiger partial charge in [-0.05, 0) is 23.6 Å². The molecule has 0 saturated carbocycles. The molecule has 0 aliphatic rings. The molecule has 0 amide bonds. The van der Waals surface area contributed by atoms with E-state index in [4.69, 9.17) is 15.0 Å². The molecule has 0 fully saturated rings. The second-order valence-electron chi connectivity index (χ2n) is 4.27. The highest BCUT2D eigenvalue weighted by molar-refractivity contribution is 7.08. The summed E-state index contributed by atoms with van der Waals surface area (Å²) in [6.07, 6.45) is 1.55. The smallest absolute Gasteiger partial charge is 0.226 e. The average molecular weight is 299 g/mol. The van der Waals surface area contributed by atoms with Gasteiger partial charge in [0.1, 0.15) is 12.0 Å². The van der Waals surface area contributed by atoms with E-state index in [2.05, 4.69) is 10.1 Å². The number of oxime groups is 1. The molecule has 0 atom stereocenters. The van der Waals surface area contributed by atoms with Crippen molar-refractivity contribution in [1.29, 1.82) is 0 Å². The first-order chi connectivity index (χ1) is 10.3. The van der Waals surface area contributed by atoms with Crippen LogP contribution in [0.15, 0.2) is 63.0 Å². The maximum absolute atomic E-state index is 5.79. The summed E-state index contributed by atoms with van der Waals surface area (Å²) in [5.41, 5.74) is 8.22. The molecule has 0 radical (unpaired) electrons. The SMILES string of the molecule is N/C(=N\OCc1coc(-c2ccccc2)n1)c1ccsc1. The number of oxazole rings is 1. The van der Waals surface area contributed by atoms with Gasteiger partial charge in [-0.1, -0.05) is 23.4 Å². The third kappa shape index (κ3) is 3.29. The monoisotopic (exact) mass is 299 g/mol. The number of benzene rings is 1.